The molecule has 0 unspecified atom stereocenters. The van der Waals surface area contributed by atoms with Crippen LogP contribution in [-0.4, -0.2) is 35.8 Å². The highest BCUT2D eigenvalue weighted by molar-refractivity contribution is 7.17. The van der Waals surface area contributed by atoms with E-state index in [0.29, 0.717) is 21.3 Å². The topological polar surface area (TPSA) is 62.3 Å². The highest BCUT2D eigenvalue weighted by Gasteiger charge is 2.18. The number of amides is 2. The second kappa shape index (κ2) is 6.65. The second-order valence-corrected chi connectivity index (χ2v) is 5.98. The van der Waals surface area contributed by atoms with Crippen LogP contribution in [0.25, 0.3) is 0 Å². The molecule has 22 heavy (non-hydrogen) atoms. The summed E-state index contributed by atoms with van der Waals surface area (Å²) in [6.45, 7) is 1.73. The Labute approximate surface area is 131 Å². The van der Waals surface area contributed by atoms with Crippen molar-refractivity contribution in [3.05, 3.63) is 46.2 Å². The minimum Gasteiger partial charge on any atom is -0.344 e. The van der Waals surface area contributed by atoms with Crippen molar-refractivity contribution >= 4 is 28.3 Å². The van der Waals surface area contributed by atoms with Crippen molar-refractivity contribution in [1.29, 1.82) is 0 Å². The number of hydrogen-bond acceptors (Lipinski definition) is 4. The fourth-order valence-electron chi connectivity index (χ4n) is 1.80. The summed E-state index contributed by atoms with van der Waals surface area (Å²) in [5, 5.41) is 3.05. The van der Waals surface area contributed by atoms with Crippen LogP contribution in [0.2, 0.25) is 0 Å². The Balaban J connectivity index is 2.04. The van der Waals surface area contributed by atoms with E-state index < -0.39 is 0 Å². The maximum Gasteiger partial charge on any atom is 0.265 e. The molecule has 2 rings (SSSR count). The number of halogens is 1. The zero-order chi connectivity index (χ0) is 16.3. The van der Waals surface area contributed by atoms with Crippen LogP contribution in [0.3, 0.4) is 0 Å². The molecule has 0 fully saturated rings. The van der Waals surface area contributed by atoms with E-state index in [0.717, 1.165) is 11.3 Å². The summed E-state index contributed by atoms with van der Waals surface area (Å²) in [7, 11) is 3.32. The normalized spacial score (nSPS) is 10.4. The summed E-state index contributed by atoms with van der Waals surface area (Å²) in [4.78, 5) is 30.0. The van der Waals surface area contributed by atoms with E-state index in [1.54, 1.807) is 33.2 Å². The molecule has 1 aromatic heterocycles. The average molecular weight is 321 g/mol. The molecule has 7 heteroatoms. The van der Waals surface area contributed by atoms with Crippen LogP contribution >= 0.6 is 11.3 Å². The first-order chi connectivity index (χ1) is 10.4. The van der Waals surface area contributed by atoms with Gasteiger partial charge < -0.3 is 10.2 Å². The number of carbonyl (C=O) groups is 2. The Bertz CT molecular complexity index is 695. The number of benzene rings is 1. The summed E-state index contributed by atoms with van der Waals surface area (Å²) in [5.41, 5.74) is 1.29. The van der Waals surface area contributed by atoms with Crippen molar-refractivity contribution < 1.29 is 14.0 Å². The average Bonchev–Trinajstić information content (AvgIpc) is 2.80. The standard InChI is InChI=1S/C15H16FN3O2S/c1-9-13(14(21)19(2)3)22-15(17-9)18-12(20)8-10-4-6-11(16)7-5-10/h4-7H,8H2,1-3H3,(H,17,18,20). The minimum absolute atomic E-state index is 0.121. The van der Waals surface area contributed by atoms with Gasteiger partial charge in [-0.2, -0.15) is 0 Å². The van der Waals surface area contributed by atoms with E-state index in [-0.39, 0.29) is 24.1 Å². The number of carbonyl (C=O) groups excluding carboxylic acids is 2. The van der Waals surface area contributed by atoms with Gasteiger partial charge in [-0.25, -0.2) is 9.37 Å². The molecule has 0 saturated carbocycles. The van der Waals surface area contributed by atoms with Gasteiger partial charge >= 0.3 is 0 Å². The Morgan fingerprint density at radius 2 is 1.91 bits per heavy atom. The molecule has 0 bridgehead atoms. The van der Waals surface area contributed by atoms with Crippen LogP contribution in [0.4, 0.5) is 9.52 Å². The van der Waals surface area contributed by atoms with E-state index in [2.05, 4.69) is 10.3 Å². The van der Waals surface area contributed by atoms with Crippen LogP contribution in [-0.2, 0) is 11.2 Å². The third-order valence-electron chi connectivity index (χ3n) is 2.92. The Kier molecular flexibility index (Phi) is 4.87. The zero-order valence-corrected chi connectivity index (χ0v) is 13.3. The molecule has 0 spiro atoms. The van der Waals surface area contributed by atoms with Crippen molar-refractivity contribution in [2.75, 3.05) is 19.4 Å². The molecule has 0 aliphatic carbocycles. The van der Waals surface area contributed by atoms with E-state index in [1.807, 2.05) is 0 Å². The zero-order valence-electron chi connectivity index (χ0n) is 12.5. The lowest BCUT2D eigenvalue weighted by atomic mass is 10.1. The van der Waals surface area contributed by atoms with Gasteiger partial charge in [-0.3, -0.25) is 9.59 Å². The van der Waals surface area contributed by atoms with Gasteiger partial charge in [0.1, 0.15) is 10.7 Å². The van der Waals surface area contributed by atoms with E-state index >= 15 is 0 Å². The molecule has 5 nitrogen and oxygen atoms in total. The third-order valence-corrected chi connectivity index (χ3v) is 3.98. The summed E-state index contributed by atoms with van der Waals surface area (Å²) < 4.78 is 12.8. The molecule has 0 aliphatic heterocycles. The van der Waals surface area contributed by atoms with Crippen LogP contribution in [0.15, 0.2) is 24.3 Å². The molecule has 2 amide bonds. The van der Waals surface area contributed by atoms with Crippen LogP contribution in [0, 0.1) is 12.7 Å². The smallest absolute Gasteiger partial charge is 0.265 e. The molecule has 0 saturated heterocycles. The van der Waals surface area contributed by atoms with Crippen molar-refractivity contribution in [3.63, 3.8) is 0 Å². The van der Waals surface area contributed by atoms with Crippen molar-refractivity contribution in [2.45, 2.75) is 13.3 Å². The maximum absolute atomic E-state index is 12.8. The summed E-state index contributed by atoms with van der Waals surface area (Å²) in [5.74, 6) is -0.746. The molecular weight excluding hydrogens is 305 g/mol. The molecule has 116 valence electrons. The van der Waals surface area contributed by atoms with Gasteiger partial charge in [-0.1, -0.05) is 23.5 Å². The minimum atomic E-state index is -0.341. The summed E-state index contributed by atoms with van der Waals surface area (Å²) in [6, 6.07) is 5.74. The quantitative estimate of drug-likeness (QED) is 0.941. The predicted octanol–water partition coefficient (Wildman–Crippen LogP) is 2.47. The van der Waals surface area contributed by atoms with Gasteiger partial charge in [0, 0.05) is 14.1 Å². The molecular formula is C15H16FN3O2S. The van der Waals surface area contributed by atoms with Gasteiger partial charge in [-0.15, -0.1) is 0 Å². The number of aromatic nitrogens is 1. The van der Waals surface area contributed by atoms with Gasteiger partial charge in [-0.05, 0) is 24.6 Å². The van der Waals surface area contributed by atoms with Crippen molar-refractivity contribution in [1.82, 2.24) is 9.88 Å². The Hall–Kier alpha value is -2.28. The van der Waals surface area contributed by atoms with Crippen LogP contribution in [0.5, 0.6) is 0 Å². The summed E-state index contributed by atoms with van der Waals surface area (Å²) in [6.07, 6.45) is 0.121. The lowest BCUT2D eigenvalue weighted by Crippen LogP contribution is -2.21. The number of nitrogens with one attached hydrogen (secondary N) is 1. The summed E-state index contributed by atoms with van der Waals surface area (Å²) >= 11 is 1.14. The molecule has 0 radical (unpaired) electrons. The highest BCUT2D eigenvalue weighted by atomic mass is 32.1. The molecule has 2 aromatic rings. The lowest BCUT2D eigenvalue weighted by Gasteiger charge is -2.07. The number of thiazole rings is 1. The van der Waals surface area contributed by atoms with E-state index in [1.165, 1.54) is 17.0 Å². The van der Waals surface area contributed by atoms with E-state index in [9.17, 15) is 14.0 Å². The number of anilines is 1. The van der Waals surface area contributed by atoms with E-state index in [4.69, 9.17) is 0 Å². The number of hydrogen-bond donors (Lipinski definition) is 1. The highest BCUT2D eigenvalue weighted by Crippen LogP contribution is 2.23. The first kappa shape index (κ1) is 16.1. The fourth-order valence-corrected chi connectivity index (χ4v) is 2.81. The van der Waals surface area contributed by atoms with Crippen molar-refractivity contribution in [2.24, 2.45) is 0 Å². The molecule has 1 aromatic carbocycles. The van der Waals surface area contributed by atoms with Crippen LogP contribution in [0.1, 0.15) is 20.9 Å². The number of nitrogens with zero attached hydrogens (tertiary/aromatic N) is 2. The number of aryl methyl sites for hydroxylation is 1. The predicted molar refractivity (Wildman–Crippen MR) is 83.6 cm³/mol. The van der Waals surface area contributed by atoms with Gasteiger partial charge in [0.25, 0.3) is 5.91 Å². The van der Waals surface area contributed by atoms with Crippen LogP contribution < -0.4 is 5.32 Å². The number of rotatable bonds is 4. The SMILES string of the molecule is Cc1nc(NC(=O)Cc2ccc(F)cc2)sc1C(=O)N(C)C. The fraction of sp³-hybridized carbons (Fsp3) is 0.267. The van der Waals surface area contributed by atoms with Gasteiger partial charge in [0.15, 0.2) is 5.13 Å². The Morgan fingerprint density at radius 1 is 1.27 bits per heavy atom. The monoisotopic (exact) mass is 321 g/mol. The van der Waals surface area contributed by atoms with Crippen molar-refractivity contribution in [3.8, 4) is 0 Å². The molecule has 1 heterocycles. The Morgan fingerprint density at radius 3 is 2.50 bits per heavy atom. The maximum atomic E-state index is 12.8. The molecule has 1 N–H and O–H groups in total. The molecule has 0 atom stereocenters. The second-order valence-electron chi connectivity index (χ2n) is 4.98. The third kappa shape index (κ3) is 3.88. The largest absolute Gasteiger partial charge is 0.344 e. The first-order valence-corrected chi connectivity index (χ1v) is 7.42. The first-order valence-electron chi connectivity index (χ1n) is 6.60. The lowest BCUT2D eigenvalue weighted by molar-refractivity contribution is -0.115. The van der Waals surface area contributed by atoms with Gasteiger partial charge in [0.2, 0.25) is 5.91 Å². The van der Waals surface area contributed by atoms with Gasteiger partial charge in [0.05, 0.1) is 12.1 Å². The molecule has 0 aliphatic rings.